The molecule has 0 saturated heterocycles. The van der Waals surface area contributed by atoms with Gasteiger partial charge in [0.2, 0.25) is 5.91 Å². The van der Waals surface area contributed by atoms with E-state index in [4.69, 9.17) is 0 Å². The third-order valence-corrected chi connectivity index (χ3v) is 2.81. The van der Waals surface area contributed by atoms with Crippen LogP contribution < -0.4 is 10.6 Å². The van der Waals surface area contributed by atoms with Gasteiger partial charge in [-0.3, -0.25) is 4.79 Å². The highest BCUT2D eigenvalue weighted by molar-refractivity contribution is 8.00. The third-order valence-electron chi connectivity index (χ3n) is 2.00. The summed E-state index contributed by atoms with van der Waals surface area (Å²) < 4.78 is 72.5. The van der Waals surface area contributed by atoms with Crippen LogP contribution in [0.4, 0.5) is 32.0 Å². The molecule has 1 aromatic carbocycles. The van der Waals surface area contributed by atoms with E-state index in [9.17, 15) is 31.1 Å². The maximum atomic E-state index is 12.3. The third kappa shape index (κ3) is 7.81. The SMILES string of the molecule is O=C(CNCC(F)(F)F)Nc1ccccc1SC(F)(F)F. The molecule has 2 N–H and O–H groups in total. The quantitative estimate of drug-likeness (QED) is 0.641. The highest BCUT2D eigenvalue weighted by atomic mass is 32.2. The summed E-state index contributed by atoms with van der Waals surface area (Å²) in [6, 6.07) is 5.14. The number of benzene rings is 1. The molecule has 0 spiro atoms. The molecule has 1 rings (SSSR count). The average Bonchev–Trinajstić information content (AvgIpc) is 2.28. The molecule has 0 saturated carbocycles. The summed E-state index contributed by atoms with van der Waals surface area (Å²) in [4.78, 5) is 11.1. The number of thioether (sulfide) groups is 1. The minimum atomic E-state index is -4.53. The smallest absolute Gasteiger partial charge is 0.324 e. The second kappa shape index (κ2) is 7.03. The number of para-hydroxylation sites is 1. The van der Waals surface area contributed by atoms with Crippen LogP contribution in [-0.4, -0.2) is 30.7 Å². The number of rotatable bonds is 5. The molecule has 21 heavy (non-hydrogen) atoms. The number of carbonyl (C=O) groups is 1. The number of halogens is 6. The fourth-order valence-electron chi connectivity index (χ4n) is 1.30. The predicted molar refractivity (Wildman–Crippen MR) is 65.9 cm³/mol. The monoisotopic (exact) mass is 332 g/mol. The van der Waals surface area contributed by atoms with E-state index in [1.165, 1.54) is 18.2 Å². The molecule has 0 aliphatic heterocycles. The van der Waals surface area contributed by atoms with Crippen molar-refractivity contribution in [2.75, 3.05) is 18.4 Å². The van der Waals surface area contributed by atoms with Crippen molar-refractivity contribution in [1.29, 1.82) is 0 Å². The highest BCUT2D eigenvalue weighted by Crippen LogP contribution is 2.40. The second-order valence-corrected chi connectivity index (χ2v) is 4.92. The molecule has 1 aromatic rings. The number of carbonyl (C=O) groups excluding carboxylic acids is 1. The lowest BCUT2D eigenvalue weighted by molar-refractivity contribution is -0.127. The number of hydrogen-bond acceptors (Lipinski definition) is 3. The van der Waals surface area contributed by atoms with Crippen LogP contribution in [0.25, 0.3) is 0 Å². The maximum absolute atomic E-state index is 12.3. The zero-order valence-corrected chi connectivity index (χ0v) is 11.1. The van der Waals surface area contributed by atoms with Gasteiger partial charge >= 0.3 is 11.7 Å². The Hall–Kier alpha value is -1.42. The Balaban J connectivity index is 2.60. The zero-order chi connectivity index (χ0) is 16.1. The lowest BCUT2D eigenvalue weighted by atomic mass is 10.3. The fraction of sp³-hybridized carbons (Fsp3) is 0.364. The molecule has 0 atom stereocenters. The molecule has 118 valence electrons. The van der Waals surface area contributed by atoms with E-state index in [1.807, 2.05) is 5.32 Å². The molecule has 1 amide bonds. The van der Waals surface area contributed by atoms with Gasteiger partial charge in [0, 0.05) is 4.90 Å². The predicted octanol–water partition coefficient (Wildman–Crippen LogP) is 3.39. The summed E-state index contributed by atoms with van der Waals surface area (Å²) in [5, 5.41) is 3.98. The molecule has 0 unspecified atom stereocenters. The van der Waals surface area contributed by atoms with Crippen LogP contribution in [0.1, 0.15) is 0 Å². The van der Waals surface area contributed by atoms with Gasteiger partial charge in [0.1, 0.15) is 0 Å². The first kappa shape index (κ1) is 17.6. The first-order chi connectivity index (χ1) is 9.57. The van der Waals surface area contributed by atoms with Crippen molar-refractivity contribution in [2.45, 2.75) is 16.6 Å². The van der Waals surface area contributed by atoms with Gasteiger partial charge in [0.25, 0.3) is 0 Å². The van der Waals surface area contributed by atoms with Gasteiger partial charge in [-0.15, -0.1) is 0 Å². The number of hydrogen-bond donors (Lipinski definition) is 2. The van der Waals surface area contributed by atoms with Gasteiger partial charge < -0.3 is 10.6 Å². The average molecular weight is 332 g/mol. The zero-order valence-electron chi connectivity index (χ0n) is 10.3. The summed E-state index contributed by atoms with van der Waals surface area (Å²) >= 11 is -0.418. The van der Waals surface area contributed by atoms with Gasteiger partial charge in [-0.2, -0.15) is 26.3 Å². The van der Waals surface area contributed by atoms with Crippen LogP contribution in [0.2, 0.25) is 0 Å². The van der Waals surface area contributed by atoms with Crippen molar-refractivity contribution in [1.82, 2.24) is 5.32 Å². The Bertz CT molecular complexity index is 488. The van der Waals surface area contributed by atoms with Crippen molar-refractivity contribution in [3.8, 4) is 0 Å². The Morgan fingerprint density at radius 1 is 1.10 bits per heavy atom. The molecule has 0 aliphatic carbocycles. The van der Waals surface area contributed by atoms with Crippen molar-refractivity contribution in [3.05, 3.63) is 24.3 Å². The molecule has 10 heteroatoms. The molecular weight excluding hydrogens is 322 g/mol. The van der Waals surface area contributed by atoms with Crippen molar-refractivity contribution in [3.63, 3.8) is 0 Å². The second-order valence-electron chi connectivity index (χ2n) is 3.81. The molecule has 0 aliphatic rings. The normalized spacial score (nSPS) is 12.3. The van der Waals surface area contributed by atoms with Crippen molar-refractivity contribution in [2.24, 2.45) is 0 Å². The number of amides is 1. The first-order valence-corrected chi connectivity index (χ1v) is 6.30. The van der Waals surface area contributed by atoms with Crippen molar-refractivity contribution >= 4 is 23.4 Å². The standard InChI is InChI=1S/C11H10F6N2OS/c12-10(13,14)6-18-5-9(20)19-7-3-1-2-4-8(7)21-11(15,16)17/h1-4,18H,5-6H2,(H,19,20). The fourth-order valence-corrected chi connectivity index (χ4v) is 1.92. The molecule has 0 bridgehead atoms. The molecule has 0 aromatic heterocycles. The topological polar surface area (TPSA) is 41.1 Å². The highest BCUT2D eigenvalue weighted by Gasteiger charge is 2.30. The van der Waals surface area contributed by atoms with E-state index in [-0.39, 0.29) is 10.6 Å². The summed E-state index contributed by atoms with van der Waals surface area (Å²) in [5.41, 5.74) is -4.64. The van der Waals surface area contributed by atoms with E-state index < -0.39 is 42.4 Å². The maximum Gasteiger partial charge on any atom is 0.446 e. The summed E-state index contributed by atoms with van der Waals surface area (Å²) in [6.07, 6.45) is -4.47. The lowest BCUT2D eigenvalue weighted by Crippen LogP contribution is -2.35. The van der Waals surface area contributed by atoms with Crippen LogP contribution in [-0.2, 0) is 4.79 Å². The molecule has 0 fully saturated rings. The molecule has 0 radical (unpaired) electrons. The first-order valence-electron chi connectivity index (χ1n) is 5.49. The molecule has 3 nitrogen and oxygen atoms in total. The van der Waals surface area contributed by atoms with Gasteiger partial charge in [0.05, 0.1) is 18.8 Å². The number of anilines is 1. The Morgan fingerprint density at radius 3 is 2.29 bits per heavy atom. The van der Waals surface area contributed by atoms with Gasteiger partial charge in [-0.05, 0) is 23.9 Å². The van der Waals surface area contributed by atoms with Crippen LogP contribution in [0.3, 0.4) is 0 Å². The molecular formula is C11H10F6N2OS. The van der Waals surface area contributed by atoms with Crippen molar-refractivity contribution < 1.29 is 31.1 Å². The Labute approximate surface area is 120 Å². The summed E-state index contributed by atoms with van der Waals surface area (Å²) in [6.45, 7) is -2.02. The Morgan fingerprint density at radius 2 is 1.71 bits per heavy atom. The van der Waals surface area contributed by atoms with Crippen LogP contribution in [0, 0.1) is 0 Å². The minimum absolute atomic E-state index is 0.112. The number of nitrogens with one attached hydrogen (secondary N) is 2. The van der Waals surface area contributed by atoms with Crippen LogP contribution in [0.15, 0.2) is 29.2 Å². The van der Waals surface area contributed by atoms with E-state index in [2.05, 4.69) is 5.32 Å². The van der Waals surface area contributed by atoms with E-state index >= 15 is 0 Å². The minimum Gasteiger partial charge on any atom is -0.324 e. The van der Waals surface area contributed by atoms with Gasteiger partial charge in [0.15, 0.2) is 0 Å². The van der Waals surface area contributed by atoms with E-state index in [0.717, 1.165) is 6.07 Å². The Kier molecular flexibility index (Phi) is 5.90. The van der Waals surface area contributed by atoms with Gasteiger partial charge in [-0.1, -0.05) is 12.1 Å². The largest absolute Gasteiger partial charge is 0.446 e. The number of alkyl halides is 6. The van der Waals surface area contributed by atoms with Crippen LogP contribution >= 0.6 is 11.8 Å². The lowest BCUT2D eigenvalue weighted by Gasteiger charge is -2.13. The van der Waals surface area contributed by atoms with E-state index in [0.29, 0.717) is 0 Å². The molecule has 0 heterocycles. The summed E-state index contributed by atoms with van der Waals surface area (Å²) in [7, 11) is 0. The summed E-state index contributed by atoms with van der Waals surface area (Å²) in [5.74, 6) is -0.866. The van der Waals surface area contributed by atoms with Crippen LogP contribution in [0.5, 0.6) is 0 Å². The van der Waals surface area contributed by atoms with Gasteiger partial charge in [-0.25, -0.2) is 0 Å². The van der Waals surface area contributed by atoms with E-state index in [1.54, 1.807) is 0 Å².